The highest BCUT2D eigenvalue weighted by Gasteiger charge is 2.44. The maximum absolute atomic E-state index is 13.9. The van der Waals surface area contributed by atoms with E-state index in [4.69, 9.17) is 0 Å². The number of H-pyrrole nitrogens is 1. The van der Waals surface area contributed by atoms with Crippen LogP contribution in [0.5, 0.6) is 0 Å². The minimum absolute atomic E-state index is 0.00515. The monoisotopic (exact) mass is 591 g/mol. The highest BCUT2D eigenvalue weighted by atomic mass is 19.4. The second-order valence-electron chi connectivity index (χ2n) is 10.2. The van der Waals surface area contributed by atoms with E-state index in [1.807, 2.05) is 0 Å². The number of hydrogen-bond acceptors (Lipinski definition) is 2. The lowest BCUT2D eigenvalue weighted by atomic mass is 9.88. The smallest absolute Gasteiger partial charge is 0.416 e. The molecule has 1 heterocycles. The Morgan fingerprint density at radius 3 is 2.05 bits per heavy atom. The van der Waals surface area contributed by atoms with Gasteiger partial charge in [-0.25, -0.2) is 4.79 Å². The van der Waals surface area contributed by atoms with Crippen molar-refractivity contribution in [2.75, 3.05) is 0 Å². The van der Waals surface area contributed by atoms with Gasteiger partial charge in [0.25, 0.3) is 0 Å². The number of para-hydroxylation sites is 1. The summed E-state index contributed by atoms with van der Waals surface area (Å²) in [5.74, 6) is -0.899. The van der Waals surface area contributed by atoms with Crippen molar-refractivity contribution in [1.29, 1.82) is 0 Å². The second-order valence-corrected chi connectivity index (χ2v) is 10.2. The fourth-order valence-corrected chi connectivity index (χ4v) is 4.83. The van der Waals surface area contributed by atoms with Gasteiger partial charge in [0.05, 0.1) is 23.7 Å². The van der Waals surface area contributed by atoms with Crippen LogP contribution in [0.25, 0.3) is 10.9 Å². The largest absolute Gasteiger partial charge is 0.465 e. The van der Waals surface area contributed by atoms with Crippen molar-refractivity contribution < 1.29 is 41.0 Å². The van der Waals surface area contributed by atoms with Gasteiger partial charge in [0.1, 0.15) is 5.54 Å². The van der Waals surface area contributed by atoms with Gasteiger partial charge in [-0.1, -0.05) is 48.5 Å². The number of benzene rings is 3. The molecular weight excluding hydrogens is 564 g/mol. The highest BCUT2D eigenvalue weighted by Crippen LogP contribution is 2.38. The Hall–Kier alpha value is -4.48. The predicted octanol–water partition coefficient (Wildman–Crippen LogP) is 7.56. The number of aromatic amines is 1. The summed E-state index contributed by atoms with van der Waals surface area (Å²) in [6.07, 6.45) is -10.1. The summed E-state index contributed by atoms with van der Waals surface area (Å²) in [6, 6.07) is 15.3. The molecule has 12 heteroatoms. The van der Waals surface area contributed by atoms with E-state index in [-0.39, 0.29) is 19.0 Å². The molecule has 0 spiro atoms. The number of hydrogen-bond donors (Lipinski definition) is 3. The first-order valence-corrected chi connectivity index (χ1v) is 12.8. The Kier molecular flexibility index (Phi) is 8.29. The Bertz CT molecular complexity index is 1550. The van der Waals surface area contributed by atoms with Gasteiger partial charge < -0.3 is 15.4 Å². The molecule has 0 saturated heterocycles. The number of nitrogens with one attached hydrogen (secondary N) is 2. The van der Waals surface area contributed by atoms with Crippen LogP contribution in [0.3, 0.4) is 0 Å². The van der Waals surface area contributed by atoms with E-state index in [1.165, 1.54) is 13.8 Å². The van der Waals surface area contributed by atoms with Crippen LogP contribution in [-0.4, -0.2) is 32.5 Å². The molecule has 4 rings (SSSR count). The molecule has 2 amide bonds. The zero-order valence-corrected chi connectivity index (χ0v) is 22.5. The van der Waals surface area contributed by atoms with Gasteiger partial charge in [-0.05, 0) is 54.8 Å². The lowest BCUT2D eigenvalue weighted by Crippen LogP contribution is -2.59. The summed E-state index contributed by atoms with van der Waals surface area (Å²) < 4.78 is 80.8. The van der Waals surface area contributed by atoms with Crippen molar-refractivity contribution in [1.82, 2.24) is 15.2 Å². The zero-order chi connectivity index (χ0) is 30.9. The molecule has 2 atom stereocenters. The van der Waals surface area contributed by atoms with Gasteiger partial charge in [-0.3, -0.25) is 9.69 Å². The number of carbonyl (C=O) groups is 2. The van der Waals surface area contributed by atoms with E-state index in [2.05, 4.69) is 10.3 Å². The third kappa shape index (κ3) is 6.53. The Morgan fingerprint density at radius 2 is 1.48 bits per heavy atom. The Balaban J connectivity index is 1.75. The molecule has 0 saturated carbocycles. The number of halogens is 6. The van der Waals surface area contributed by atoms with E-state index in [0.717, 1.165) is 15.8 Å². The van der Waals surface area contributed by atoms with Crippen molar-refractivity contribution in [3.63, 3.8) is 0 Å². The van der Waals surface area contributed by atoms with Crippen molar-refractivity contribution in [3.8, 4) is 0 Å². The van der Waals surface area contributed by atoms with Crippen LogP contribution < -0.4 is 5.32 Å². The first-order chi connectivity index (χ1) is 19.6. The molecule has 0 aliphatic carbocycles. The molecule has 4 aromatic rings. The quantitative estimate of drug-likeness (QED) is 0.185. The molecule has 0 radical (unpaired) electrons. The van der Waals surface area contributed by atoms with Crippen molar-refractivity contribution in [2.45, 2.75) is 50.7 Å². The lowest BCUT2D eigenvalue weighted by Gasteiger charge is -2.39. The Labute approximate surface area is 237 Å². The summed E-state index contributed by atoms with van der Waals surface area (Å²) in [4.78, 5) is 30.5. The number of fused-ring (bicyclic) bond motifs is 1. The van der Waals surface area contributed by atoms with Crippen molar-refractivity contribution in [2.24, 2.45) is 0 Å². The number of carboxylic acid groups (broad SMARTS) is 1. The van der Waals surface area contributed by atoms with Gasteiger partial charge in [0.15, 0.2) is 0 Å². The number of nitrogens with zero attached hydrogens (tertiary/aromatic N) is 1. The average Bonchev–Trinajstić information content (AvgIpc) is 3.33. The van der Waals surface area contributed by atoms with Crippen LogP contribution in [0.15, 0.2) is 79.0 Å². The first-order valence-electron chi connectivity index (χ1n) is 12.8. The van der Waals surface area contributed by atoms with Crippen molar-refractivity contribution in [3.05, 3.63) is 107 Å². The van der Waals surface area contributed by atoms with Crippen LogP contribution in [0.1, 0.15) is 47.7 Å². The van der Waals surface area contributed by atoms with E-state index in [9.17, 15) is 41.0 Å². The fraction of sp³-hybridized carbons (Fsp3) is 0.267. The third-order valence-corrected chi connectivity index (χ3v) is 7.17. The summed E-state index contributed by atoms with van der Waals surface area (Å²) in [5, 5.41) is 13.5. The van der Waals surface area contributed by atoms with Crippen LogP contribution >= 0.6 is 0 Å². The van der Waals surface area contributed by atoms with Crippen LogP contribution in [0.2, 0.25) is 0 Å². The molecule has 0 aliphatic heterocycles. The lowest BCUT2D eigenvalue weighted by molar-refractivity contribution is -0.143. The molecule has 0 fully saturated rings. The number of aromatic nitrogens is 1. The summed E-state index contributed by atoms with van der Waals surface area (Å²) >= 11 is 0. The van der Waals surface area contributed by atoms with Gasteiger partial charge in [-0.15, -0.1) is 0 Å². The SMILES string of the molecule is CC(NC(=O)C(C)(Cc1c[nH]c2ccccc12)N(Cc1ccccc1)C(=O)O)c1cc(C(F)(F)F)cc(C(F)(F)F)c1. The molecule has 42 heavy (non-hydrogen) atoms. The first kappa shape index (κ1) is 30.5. The fourth-order valence-electron chi connectivity index (χ4n) is 4.83. The maximum atomic E-state index is 13.9. The predicted molar refractivity (Wildman–Crippen MR) is 143 cm³/mol. The van der Waals surface area contributed by atoms with Gasteiger partial charge in [-0.2, -0.15) is 26.3 Å². The standard InChI is InChI=1S/C30H27F6N3O3/c1-18(20-12-22(29(31,32)33)14-23(13-20)30(34,35)36)38-26(40)28(2,15-21-16-37-25-11-7-6-10-24(21)25)39(27(41)42)17-19-8-4-3-5-9-19/h3-14,16,18,37H,15,17H2,1-2H3,(H,38,40)(H,41,42). The average molecular weight is 592 g/mol. The van der Waals surface area contributed by atoms with Gasteiger partial charge in [0, 0.05) is 23.5 Å². The molecule has 0 aliphatic rings. The number of rotatable bonds is 8. The normalized spacial score (nSPS) is 14.3. The van der Waals surface area contributed by atoms with Crippen LogP contribution in [0.4, 0.5) is 31.1 Å². The summed E-state index contributed by atoms with van der Waals surface area (Å²) in [7, 11) is 0. The molecule has 2 unspecified atom stereocenters. The zero-order valence-electron chi connectivity index (χ0n) is 22.5. The van der Waals surface area contributed by atoms with Crippen LogP contribution in [0, 0.1) is 0 Å². The topological polar surface area (TPSA) is 85.4 Å². The minimum atomic E-state index is -5.07. The van der Waals surface area contributed by atoms with E-state index < -0.39 is 52.6 Å². The molecule has 1 aromatic heterocycles. The van der Waals surface area contributed by atoms with Crippen molar-refractivity contribution >= 4 is 22.9 Å². The molecule has 222 valence electrons. The maximum Gasteiger partial charge on any atom is 0.416 e. The van der Waals surface area contributed by atoms with E-state index in [0.29, 0.717) is 23.3 Å². The Morgan fingerprint density at radius 1 is 0.905 bits per heavy atom. The number of amides is 2. The third-order valence-electron chi connectivity index (χ3n) is 7.17. The van der Waals surface area contributed by atoms with E-state index >= 15 is 0 Å². The van der Waals surface area contributed by atoms with Gasteiger partial charge >= 0.3 is 18.4 Å². The number of alkyl halides is 6. The number of carbonyl (C=O) groups excluding carboxylic acids is 1. The minimum Gasteiger partial charge on any atom is -0.465 e. The van der Waals surface area contributed by atoms with Gasteiger partial charge in [0.2, 0.25) is 5.91 Å². The molecule has 3 N–H and O–H groups in total. The molecule has 6 nitrogen and oxygen atoms in total. The second kappa shape index (κ2) is 11.4. The highest BCUT2D eigenvalue weighted by molar-refractivity contribution is 5.91. The van der Waals surface area contributed by atoms with E-state index in [1.54, 1.807) is 60.8 Å². The summed E-state index contributed by atoms with van der Waals surface area (Å²) in [6.45, 7) is 2.40. The molecule has 3 aromatic carbocycles. The summed E-state index contributed by atoms with van der Waals surface area (Å²) in [5.41, 5.74) is -3.43. The van der Waals surface area contributed by atoms with Crippen LogP contribution in [-0.2, 0) is 30.1 Å². The molecule has 0 bridgehead atoms. The molecular formula is C30H27F6N3O3.